The zero-order valence-electron chi connectivity index (χ0n) is 10.5. The largest absolute Gasteiger partial charge is 0.314 e. The van der Waals surface area contributed by atoms with Crippen LogP contribution in [0.2, 0.25) is 0 Å². The van der Waals surface area contributed by atoms with Crippen molar-refractivity contribution in [3.8, 4) is 0 Å². The van der Waals surface area contributed by atoms with Gasteiger partial charge in [-0.2, -0.15) is 0 Å². The molecular formula is C11H24N2O2S. The molecule has 4 nitrogen and oxygen atoms in total. The van der Waals surface area contributed by atoms with E-state index in [2.05, 4.69) is 24.5 Å². The first-order chi connectivity index (χ1) is 7.37. The molecule has 1 fully saturated rings. The Morgan fingerprint density at radius 3 is 2.62 bits per heavy atom. The monoisotopic (exact) mass is 248 g/mol. The number of hydrogen-bond donors (Lipinski definition) is 2. The molecule has 0 aromatic rings. The highest BCUT2D eigenvalue weighted by molar-refractivity contribution is 7.91. The van der Waals surface area contributed by atoms with Gasteiger partial charge in [0.15, 0.2) is 9.84 Å². The lowest BCUT2D eigenvalue weighted by Crippen LogP contribution is -2.45. The summed E-state index contributed by atoms with van der Waals surface area (Å²) in [6, 6.07) is 0.485. The van der Waals surface area contributed by atoms with Crippen molar-refractivity contribution >= 4 is 9.84 Å². The van der Waals surface area contributed by atoms with Crippen LogP contribution in [0.25, 0.3) is 0 Å². The molecule has 1 aliphatic heterocycles. The molecular weight excluding hydrogens is 224 g/mol. The molecule has 0 amide bonds. The molecule has 1 saturated heterocycles. The molecule has 0 aliphatic carbocycles. The second kappa shape index (κ2) is 5.47. The predicted molar refractivity (Wildman–Crippen MR) is 67.4 cm³/mol. The Morgan fingerprint density at radius 1 is 1.44 bits per heavy atom. The van der Waals surface area contributed by atoms with E-state index in [0.29, 0.717) is 11.8 Å². The quantitative estimate of drug-likeness (QED) is 0.720. The third-order valence-corrected chi connectivity index (χ3v) is 5.09. The van der Waals surface area contributed by atoms with Gasteiger partial charge < -0.3 is 10.6 Å². The topological polar surface area (TPSA) is 58.2 Å². The van der Waals surface area contributed by atoms with Crippen LogP contribution in [-0.2, 0) is 9.84 Å². The summed E-state index contributed by atoms with van der Waals surface area (Å²) in [6.07, 6.45) is 1.77. The minimum absolute atomic E-state index is 0.204. The first kappa shape index (κ1) is 13.9. The van der Waals surface area contributed by atoms with Gasteiger partial charge in [0.1, 0.15) is 0 Å². The maximum absolute atomic E-state index is 11.4. The van der Waals surface area contributed by atoms with E-state index < -0.39 is 9.84 Å². The molecule has 0 saturated carbocycles. The zero-order chi connectivity index (χ0) is 12.2. The van der Waals surface area contributed by atoms with Gasteiger partial charge in [-0.1, -0.05) is 6.92 Å². The number of nitrogens with one attached hydrogen (secondary N) is 2. The highest BCUT2D eigenvalue weighted by Gasteiger charge is 2.37. The Labute approximate surface area is 99.1 Å². The van der Waals surface area contributed by atoms with Crippen LogP contribution in [0, 0.1) is 0 Å². The molecule has 5 heteroatoms. The van der Waals surface area contributed by atoms with Crippen molar-refractivity contribution < 1.29 is 8.42 Å². The van der Waals surface area contributed by atoms with Gasteiger partial charge in [-0.25, -0.2) is 8.42 Å². The van der Waals surface area contributed by atoms with Crippen LogP contribution in [0.15, 0.2) is 0 Å². The summed E-state index contributed by atoms with van der Waals surface area (Å²) in [5, 5.41) is 6.73. The summed E-state index contributed by atoms with van der Waals surface area (Å²) in [5.74, 6) is 0.620. The van der Waals surface area contributed by atoms with E-state index in [1.54, 1.807) is 0 Å². The molecule has 0 radical (unpaired) electrons. The van der Waals surface area contributed by atoms with E-state index in [-0.39, 0.29) is 11.3 Å². The summed E-state index contributed by atoms with van der Waals surface area (Å²) >= 11 is 0. The number of hydrogen-bond acceptors (Lipinski definition) is 4. The molecule has 16 heavy (non-hydrogen) atoms. The second-order valence-electron chi connectivity index (χ2n) is 5.08. The van der Waals surface area contributed by atoms with Crippen molar-refractivity contribution in [1.82, 2.24) is 10.6 Å². The van der Waals surface area contributed by atoms with Gasteiger partial charge >= 0.3 is 0 Å². The Balaban J connectivity index is 2.28. The van der Waals surface area contributed by atoms with Gasteiger partial charge in [-0.15, -0.1) is 0 Å². The fourth-order valence-corrected chi connectivity index (χ4v) is 4.31. The second-order valence-corrected chi connectivity index (χ2v) is 7.26. The Kier molecular flexibility index (Phi) is 4.76. The van der Waals surface area contributed by atoms with E-state index in [1.807, 2.05) is 6.92 Å². The van der Waals surface area contributed by atoms with Gasteiger partial charge in [0, 0.05) is 11.6 Å². The highest BCUT2D eigenvalue weighted by Crippen LogP contribution is 2.22. The van der Waals surface area contributed by atoms with Crippen LogP contribution in [0.4, 0.5) is 0 Å². The molecule has 0 aromatic carbocycles. The number of rotatable bonds is 6. The van der Waals surface area contributed by atoms with Crippen molar-refractivity contribution in [2.24, 2.45) is 0 Å². The lowest BCUT2D eigenvalue weighted by Gasteiger charge is -2.25. The van der Waals surface area contributed by atoms with Crippen LogP contribution in [0.5, 0.6) is 0 Å². The summed E-state index contributed by atoms with van der Waals surface area (Å²) < 4.78 is 22.8. The first-order valence-corrected chi connectivity index (χ1v) is 7.88. The zero-order valence-corrected chi connectivity index (χ0v) is 11.4. The molecule has 2 unspecified atom stereocenters. The van der Waals surface area contributed by atoms with Crippen LogP contribution in [0.3, 0.4) is 0 Å². The van der Waals surface area contributed by atoms with Crippen molar-refractivity contribution in [1.29, 1.82) is 0 Å². The standard InChI is InChI=1S/C11H24N2O2S/c1-4-12-10(2)5-7-13-11(3)6-8-16(14,15)9-11/h10,12-13H,4-9H2,1-3H3. The molecule has 0 aromatic heterocycles. The highest BCUT2D eigenvalue weighted by atomic mass is 32.2. The van der Waals surface area contributed by atoms with Crippen molar-refractivity contribution in [2.75, 3.05) is 24.6 Å². The average Bonchev–Trinajstić information content (AvgIpc) is 2.41. The maximum Gasteiger partial charge on any atom is 0.152 e. The summed E-state index contributed by atoms with van der Waals surface area (Å²) in [7, 11) is -2.79. The van der Waals surface area contributed by atoms with Crippen molar-refractivity contribution in [2.45, 2.75) is 45.2 Å². The Morgan fingerprint density at radius 2 is 2.12 bits per heavy atom. The minimum Gasteiger partial charge on any atom is -0.314 e. The Bertz CT molecular complexity index is 316. The molecule has 0 spiro atoms. The Hall–Kier alpha value is -0.130. The SMILES string of the molecule is CCNC(C)CCNC1(C)CCS(=O)(=O)C1. The summed E-state index contributed by atoms with van der Waals surface area (Å²) in [6.45, 7) is 8.11. The van der Waals surface area contributed by atoms with Crippen LogP contribution in [-0.4, -0.2) is 44.6 Å². The van der Waals surface area contributed by atoms with Crippen LogP contribution < -0.4 is 10.6 Å². The smallest absolute Gasteiger partial charge is 0.152 e. The lowest BCUT2D eigenvalue weighted by molar-refractivity contribution is 0.378. The molecule has 2 N–H and O–H groups in total. The molecule has 1 aliphatic rings. The first-order valence-electron chi connectivity index (χ1n) is 6.06. The third kappa shape index (κ3) is 4.39. The number of sulfone groups is 1. The van der Waals surface area contributed by atoms with Crippen molar-refractivity contribution in [3.63, 3.8) is 0 Å². The van der Waals surface area contributed by atoms with E-state index in [9.17, 15) is 8.42 Å². The molecule has 2 atom stereocenters. The fraction of sp³-hybridized carbons (Fsp3) is 1.00. The predicted octanol–water partition coefficient (Wildman–Crippen LogP) is 0.541. The normalized spacial score (nSPS) is 30.4. The van der Waals surface area contributed by atoms with Crippen LogP contribution in [0.1, 0.15) is 33.6 Å². The fourth-order valence-electron chi connectivity index (χ4n) is 2.19. The van der Waals surface area contributed by atoms with E-state index in [4.69, 9.17) is 0 Å². The van der Waals surface area contributed by atoms with Gasteiger partial charge in [-0.3, -0.25) is 0 Å². The van der Waals surface area contributed by atoms with Crippen molar-refractivity contribution in [3.05, 3.63) is 0 Å². The van der Waals surface area contributed by atoms with Gasteiger partial charge in [-0.05, 0) is 39.8 Å². The molecule has 1 heterocycles. The molecule has 0 bridgehead atoms. The summed E-state index contributed by atoms with van der Waals surface area (Å²) in [4.78, 5) is 0. The van der Waals surface area contributed by atoms with Gasteiger partial charge in [0.25, 0.3) is 0 Å². The summed E-state index contributed by atoms with van der Waals surface area (Å²) in [5.41, 5.74) is -0.204. The van der Waals surface area contributed by atoms with E-state index >= 15 is 0 Å². The van der Waals surface area contributed by atoms with E-state index in [0.717, 1.165) is 25.9 Å². The van der Waals surface area contributed by atoms with E-state index in [1.165, 1.54) is 0 Å². The average molecular weight is 248 g/mol. The maximum atomic E-state index is 11.4. The molecule has 96 valence electrons. The lowest BCUT2D eigenvalue weighted by atomic mass is 10.0. The van der Waals surface area contributed by atoms with Crippen LogP contribution >= 0.6 is 0 Å². The van der Waals surface area contributed by atoms with Gasteiger partial charge in [0.2, 0.25) is 0 Å². The third-order valence-electron chi connectivity index (χ3n) is 3.19. The van der Waals surface area contributed by atoms with Gasteiger partial charge in [0.05, 0.1) is 11.5 Å². The minimum atomic E-state index is -2.79. The molecule has 1 rings (SSSR count).